The lowest BCUT2D eigenvalue weighted by Crippen LogP contribution is -2.33. The zero-order chi connectivity index (χ0) is 29.8. The van der Waals surface area contributed by atoms with Gasteiger partial charge in [0.05, 0.1) is 16.2 Å². The lowest BCUT2D eigenvalue weighted by atomic mass is 10.2. The molecule has 2 aliphatic rings. The van der Waals surface area contributed by atoms with Gasteiger partial charge in [0, 0.05) is 44.5 Å². The van der Waals surface area contributed by atoms with Gasteiger partial charge in [0.15, 0.2) is 28.2 Å². The largest absolute Gasteiger partial charge is 0.454 e. The van der Waals surface area contributed by atoms with Gasteiger partial charge in [-0.3, -0.25) is 23.9 Å². The van der Waals surface area contributed by atoms with Crippen molar-refractivity contribution in [2.24, 2.45) is 0 Å². The quantitative estimate of drug-likeness (QED) is 0.194. The van der Waals surface area contributed by atoms with E-state index < -0.39 is 5.25 Å². The van der Waals surface area contributed by atoms with Crippen molar-refractivity contribution >= 4 is 34.5 Å². The molecule has 2 N–H and O–H groups in total. The molecule has 2 aromatic heterocycles. The van der Waals surface area contributed by atoms with E-state index in [4.69, 9.17) is 23.9 Å². The van der Waals surface area contributed by atoms with E-state index in [1.807, 2.05) is 31.2 Å². The fourth-order valence-corrected chi connectivity index (χ4v) is 5.75. The van der Waals surface area contributed by atoms with Crippen molar-refractivity contribution in [1.29, 1.82) is 0 Å². The van der Waals surface area contributed by atoms with Gasteiger partial charge in [-0.05, 0) is 41.8 Å². The van der Waals surface area contributed by atoms with Gasteiger partial charge in [-0.1, -0.05) is 30.8 Å². The Labute approximate surface area is 250 Å². The topological polar surface area (TPSA) is 143 Å². The van der Waals surface area contributed by atoms with Crippen LogP contribution in [0.4, 0.5) is 0 Å². The Bertz CT molecular complexity index is 1730. The summed E-state index contributed by atoms with van der Waals surface area (Å²) in [6.07, 6.45) is 3.89. The molecule has 0 saturated heterocycles. The van der Waals surface area contributed by atoms with E-state index in [0.29, 0.717) is 58.6 Å². The van der Waals surface area contributed by atoms with Gasteiger partial charge in [-0.15, -0.1) is 0 Å². The maximum Gasteiger partial charge on any atom is 0.262 e. The number of aromatic nitrogens is 3. The minimum absolute atomic E-state index is 0.0275. The molecular formula is C30H29N5O7S. The van der Waals surface area contributed by atoms with E-state index in [1.54, 1.807) is 30.6 Å². The average Bonchev–Trinajstić information content (AvgIpc) is 3.69. The summed E-state index contributed by atoms with van der Waals surface area (Å²) in [5, 5.41) is 5.98. The number of ether oxygens (including phenoxy) is 4. The van der Waals surface area contributed by atoms with Crippen LogP contribution in [0.3, 0.4) is 0 Å². The van der Waals surface area contributed by atoms with Crippen LogP contribution >= 0.6 is 11.8 Å². The molecule has 1 atom stereocenters. The predicted molar refractivity (Wildman–Crippen MR) is 157 cm³/mol. The molecule has 2 amide bonds. The fraction of sp³-hybridized carbons (Fsp3) is 0.300. The number of nitrogens with zero attached hydrogens (tertiary/aromatic N) is 3. The second-order valence-electron chi connectivity index (χ2n) is 9.88. The molecule has 6 rings (SSSR count). The molecule has 13 heteroatoms. The molecule has 2 aliphatic heterocycles. The van der Waals surface area contributed by atoms with Gasteiger partial charge < -0.3 is 29.6 Å². The van der Waals surface area contributed by atoms with Crippen LogP contribution in [0.25, 0.3) is 10.9 Å². The summed E-state index contributed by atoms with van der Waals surface area (Å²) in [5.41, 5.74) is 1.82. The normalized spacial score (nSPS) is 13.6. The summed E-state index contributed by atoms with van der Waals surface area (Å²) in [6.45, 7) is 2.81. The van der Waals surface area contributed by atoms with Gasteiger partial charge in [0.1, 0.15) is 0 Å². The van der Waals surface area contributed by atoms with Crippen molar-refractivity contribution in [1.82, 2.24) is 25.2 Å². The number of fused-ring (bicyclic) bond motifs is 3. The zero-order valence-corrected chi connectivity index (χ0v) is 24.1. The van der Waals surface area contributed by atoms with Crippen LogP contribution in [0.1, 0.15) is 30.9 Å². The van der Waals surface area contributed by atoms with Gasteiger partial charge in [-0.2, -0.15) is 0 Å². The van der Waals surface area contributed by atoms with Crippen LogP contribution in [0.2, 0.25) is 0 Å². The highest BCUT2D eigenvalue weighted by Crippen LogP contribution is 2.36. The molecule has 4 heterocycles. The summed E-state index contributed by atoms with van der Waals surface area (Å²) in [6, 6.07) is 12.4. The molecule has 4 aromatic rings. The molecule has 0 fully saturated rings. The third-order valence-electron chi connectivity index (χ3n) is 7.00. The van der Waals surface area contributed by atoms with Crippen molar-refractivity contribution in [3.05, 3.63) is 76.3 Å². The summed E-state index contributed by atoms with van der Waals surface area (Å²) in [7, 11) is 0. The van der Waals surface area contributed by atoms with E-state index in [1.165, 1.54) is 16.3 Å². The number of rotatable bonds is 11. The third kappa shape index (κ3) is 6.36. The Kier molecular flexibility index (Phi) is 8.31. The maximum atomic E-state index is 13.7. The number of hydrogen-bond donors (Lipinski definition) is 2. The summed E-state index contributed by atoms with van der Waals surface area (Å²) in [5.74, 6) is 1.83. The number of amides is 2. The fourth-order valence-electron chi connectivity index (χ4n) is 4.69. The van der Waals surface area contributed by atoms with Crippen LogP contribution in [0, 0.1) is 0 Å². The Morgan fingerprint density at radius 3 is 2.47 bits per heavy atom. The van der Waals surface area contributed by atoms with Crippen molar-refractivity contribution < 1.29 is 28.5 Å². The second-order valence-corrected chi connectivity index (χ2v) is 11.1. The Morgan fingerprint density at radius 1 is 0.953 bits per heavy atom. The smallest absolute Gasteiger partial charge is 0.262 e. The van der Waals surface area contributed by atoms with E-state index in [9.17, 15) is 14.4 Å². The number of carbonyl (C=O) groups is 2. The number of nitrogens with one attached hydrogen (secondary N) is 2. The highest BCUT2D eigenvalue weighted by atomic mass is 32.2. The van der Waals surface area contributed by atoms with Gasteiger partial charge in [-0.25, -0.2) is 4.98 Å². The minimum atomic E-state index is -0.527. The number of carbonyl (C=O) groups excluding carboxylic acids is 2. The molecule has 0 saturated carbocycles. The van der Waals surface area contributed by atoms with Crippen LogP contribution in [-0.2, 0) is 29.2 Å². The van der Waals surface area contributed by atoms with Gasteiger partial charge >= 0.3 is 0 Å². The lowest BCUT2D eigenvalue weighted by molar-refractivity contribution is -0.122. The number of pyridine rings is 1. The number of benzene rings is 2. The first kappa shape index (κ1) is 28.3. The SMILES string of the molecule is CCC(Sc1nc2cc3c(cc2c(=O)n1CCC(=O)NCc1ccc2c(c1)OCO2)OCO3)C(=O)NCc1cccnc1. The average molecular weight is 604 g/mol. The molecule has 222 valence electrons. The highest BCUT2D eigenvalue weighted by molar-refractivity contribution is 8.00. The molecule has 0 spiro atoms. The lowest BCUT2D eigenvalue weighted by Gasteiger charge is -2.18. The third-order valence-corrected chi connectivity index (χ3v) is 8.36. The Balaban J connectivity index is 1.20. The van der Waals surface area contributed by atoms with Crippen molar-refractivity contribution in [3.63, 3.8) is 0 Å². The molecule has 0 radical (unpaired) electrons. The zero-order valence-electron chi connectivity index (χ0n) is 23.3. The maximum absolute atomic E-state index is 13.7. The van der Waals surface area contributed by atoms with Crippen LogP contribution in [0.5, 0.6) is 23.0 Å². The first-order valence-electron chi connectivity index (χ1n) is 13.8. The van der Waals surface area contributed by atoms with Gasteiger partial charge in [0.25, 0.3) is 5.56 Å². The number of hydrogen-bond acceptors (Lipinski definition) is 10. The van der Waals surface area contributed by atoms with E-state index >= 15 is 0 Å². The minimum Gasteiger partial charge on any atom is -0.454 e. The van der Waals surface area contributed by atoms with Crippen molar-refractivity contribution in [3.8, 4) is 23.0 Å². The van der Waals surface area contributed by atoms with Crippen LogP contribution in [0.15, 0.2) is 64.8 Å². The summed E-state index contributed by atoms with van der Waals surface area (Å²) < 4.78 is 23.1. The Morgan fingerprint density at radius 2 is 1.70 bits per heavy atom. The summed E-state index contributed by atoms with van der Waals surface area (Å²) in [4.78, 5) is 48.6. The molecule has 1 unspecified atom stereocenters. The van der Waals surface area contributed by atoms with E-state index in [0.717, 1.165) is 11.1 Å². The molecule has 12 nitrogen and oxygen atoms in total. The van der Waals surface area contributed by atoms with Crippen LogP contribution in [-0.4, -0.2) is 45.2 Å². The molecule has 43 heavy (non-hydrogen) atoms. The van der Waals surface area contributed by atoms with Crippen molar-refractivity contribution in [2.45, 2.75) is 49.8 Å². The first-order chi connectivity index (χ1) is 21.0. The number of thioether (sulfide) groups is 1. The van der Waals surface area contributed by atoms with Crippen LogP contribution < -0.4 is 35.1 Å². The first-order valence-corrected chi connectivity index (χ1v) is 14.7. The molecule has 2 aromatic carbocycles. The highest BCUT2D eigenvalue weighted by Gasteiger charge is 2.24. The molecule has 0 bridgehead atoms. The summed E-state index contributed by atoms with van der Waals surface area (Å²) >= 11 is 1.19. The Hall–Kier alpha value is -4.78. The molecular weight excluding hydrogens is 574 g/mol. The van der Waals surface area contributed by atoms with E-state index in [2.05, 4.69) is 15.6 Å². The molecule has 0 aliphatic carbocycles. The monoisotopic (exact) mass is 603 g/mol. The standard InChI is InChI=1S/C30H29N5O7S/c1-2-26(28(37)33-15-19-4-3-8-31-13-19)43-30-34-21-12-25-24(41-17-42-25)11-20(21)29(38)35(30)9-7-27(36)32-14-18-5-6-22-23(10-18)40-16-39-22/h3-6,8,10-13,26H,2,7,9,14-17H2,1H3,(H,32,36)(H,33,37). The van der Waals surface area contributed by atoms with Gasteiger partial charge in [0.2, 0.25) is 25.4 Å². The predicted octanol–water partition coefficient (Wildman–Crippen LogP) is 3.14. The van der Waals surface area contributed by atoms with Crippen molar-refractivity contribution in [2.75, 3.05) is 13.6 Å². The van der Waals surface area contributed by atoms with E-state index in [-0.39, 0.29) is 43.9 Å². The second kappa shape index (κ2) is 12.6.